The molecule has 1 aromatic heterocycles. The molecule has 6 nitrogen and oxygen atoms in total. The molecule has 1 amide bonds. The Morgan fingerprint density at radius 1 is 1.28 bits per heavy atom. The summed E-state index contributed by atoms with van der Waals surface area (Å²) in [6.07, 6.45) is -0.627. The number of benzene rings is 1. The fourth-order valence-corrected chi connectivity index (χ4v) is 4.37. The molecule has 0 spiro atoms. The van der Waals surface area contributed by atoms with Crippen LogP contribution in [-0.2, 0) is 25.6 Å². The molecule has 0 saturated carbocycles. The molecule has 2 aromatic rings. The molecule has 2 unspecified atom stereocenters. The smallest absolute Gasteiger partial charge is 0.295 e. The number of amides is 1. The minimum absolute atomic E-state index is 0.0514. The number of rotatable bonds is 4. The Morgan fingerprint density at radius 2 is 2.00 bits per heavy atom. The highest BCUT2D eigenvalue weighted by Gasteiger charge is 2.52. The Bertz CT molecular complexity index is 967. The molecule has 0 radical (unpaired) electrons. The number of likely N-dealkylation sites (tertiary alicyclic amines) is 1. The predicted octanol–water partition coefficient (Wildman–Crippen LogP) is 3.29. The summed E-state index contributed by atoms with van der Waals surface area (Å²) in [5, 5.41) is 12.8. The van der Waals surface area contributed by atoms with Crippen molar-refractivity contribution >= 4 is 28.8 Å². The number of carbonyl (C=O) groups excluding carboxylic acids is 2. The summed E-state index contributed by atoms with van der Waals surface area (Å²) < 4.78 is 24.9. The number of hydrogen-bond donors (Lipinski definition) is 1. The van der Waals surface area contributed by atoms with Gasteiger partial charge in [-0.25, -0.2) is 4.39 Å². The molecule has 4 rings (SSSR count). The standard InChI is InChI=1S/C21H20FNO5S/c1-21(2)27-11-15(28-21)17-16(18(24)12-5-7-13(22)8-6-12)19(25)20(26)23(17)10-14-4-3-9-29-14/h3-9,15,17,24H,10-11H2,1-2H3/b18-16+. The number of ether oxygens (including phenoxy) is 2. The lowest BCUT2D eigenvalue weighted by Gasteiger charge is -2.29. The quantitative estimate of drug-likeness (QED) is 0.469. The van der Waals surface area contributed by atoms with Gasteiger partial charge in [0.1, 0.15) is 17.7 Å². The van der Waals surface area contributed by atoms with Crippen molar-refractivity contribution in [3.05, 3.63) is 63.6 Å². The maximum absolute atomic E-state index is 13.3. The summed E-state index contributed by atoms with van der Waals surface area (Å²) in [5.74, 6) is -3.19. The van der Waals surface area contributed by atoms with Gasteiger partial charge in [-0.05, 0) is 49.6 Å². The maximum atomic E-state index is 13.3. The lowest BCUT2D eigenvalue weighted by atomic mass is 9.97. The third-order valence-electron chi connectivity index (χ3n) is 4.99. The average Bonchev–Trinajstić information content (AvgIpc) is 3.37. The molecule has 0 bridgehead atoms. The Morgan fingerprint density at radius 3 is 2.59 bits per heavy atom. The van der Waals surface area contributed by atoms with Crippen LogP contribution in [0, 0.1) is 5.82 Å². The van der Waals surface area contributed by atoms with E-state index in [0.29, 0.717) is 0 Å². The van der Waals surface area contributed by atoms with E-state index in [1.54, 1.807) is 13.8 Å². The zero-order valence-corrected chi connectivity index (χ0v) is 16.7. The number of aliphatic hydroxyl groups is 1. The van der Waals surface area contributed by atoms with Crippen molar-refractivity contribution in [3.63, 3.8) is 0 Å². The lowest BCUT2D eigenvalue weighted by Crippen LogP contribution is -2.43. The van der Waals surface area contributed by atoms with E-state index in [-0.39, 0.29) is 30.0 Å². The van der Waals surface area contributed by atoms with Gasteiger partial charge in [-0.1, -0.05) is 6.07 Å². The fraction of sp³-hybridized carbons (Fsp3) is 0.333. The number of nitrogens with zero attached hydrogens (tertiary/aromatic N) is 1. The lowest BCUT2D eigenvalue weighted by molar-refractivity contribution is -0.149. The van der Waals surface area contributed by atoms with E-state index in [1.165, 1.54) is 40.5 Å². The highest BCUT2D eigenvalue weighted by molar-refractivity contribution is 7.09. The van der Waals surface area contributed by atoms with Gasteiger partial charge >= 0.3 is 0 Å². The largest absolute Gasteiger partial charge is 0.507 e. The second-order valence-electron chi connectivity index (χ2n) is 7.42. The van der Waals surface area contributed by atoms with Crippen molar-refractivity contribution in [2.75, 3.05) is 6.61 Å². The molecule has 1 aromatic carbocycles. The van der Waals surface area contributed by atoms with Crippen molar-refractivity contribution in [1.29, 1.82) is 0 Å². The number of aliphatic hydroxyl groups excluding tert-OH is 1. The van der Waals surface area contributed by atoms with Gasteiger partial charge in [-0.15, -0.1) is 11.3 Å². The van der Waals surface area contributed by atoms with E-state index in [0.717, 1.165) is 4.88 Å². The van der Waals surface area contributed by atoms with Gasteiger partial charge in [-0.3, -0.25) is 9.59 Å². The van der Waals surface area contributed by atoms with E-state index >= 15 is 0 Å². The van der Waals surface area contributed by atoms with Gasteiger partial charge in [-0.2, -0.15) is 0 Å². The van der Waals surface area contributed by atoms with Crippen LogP contribution in [0.15, 0.2) is 47.4 Å². The zero-order chi connectivity index (χ0) is 20.8. The first kappa shape index (κ1) is 19.8. The van der Waals surface area contributed by atoms with Crippen LogP contribution in [0.4, 0.5) is 4.39 Å². The highest BCUT2D eigenvalue weighted by atomic mass is 32.1. The molecule has 3 heterocycles. The monoisotopic (exact) mass is 417 g/mol. The van der Waals surface area contributed by atoms with Crippen LogP contribution in [0.3, 0.4) is 0 Å². The molecule has 0 aliphatic carbocycles. The number of carbonyl (C=O) groups is 2. The van der Waals surface area contributed by atoms with Gasteiger partial charge < -0.3 is 19.5 Å². The van der Waals surface area contributed by atoms with Crippen LogP contribution in [0.25, 0.3) is 5.76 Å². The predicted molar refractivity (Wildman–Crippen MR) is 105 cm³/mol. The summed E-state index contributed by atoms with van der Waals surface area (Å²) in [5.41, 5.74) is 0.202. The van der Waals surface area contributed by atoms with Crippen molar-refractivity contribution < 1.29 is 28.6 Å². The SMILES string of the molecule is CC1(C)OCC(C2/C(=C(\O)c3ccc(F)cc3)C(=O)C(=O)N2Cc2cccs2)O1. The van der Waals surface area contributed by atoms with Crippen molar-refractivity contribution in [2.45, 2.75) is 38.3 Å². The van der Waals surface area contributed by atoms with Crippen LogP contribution in [-0.4, -0.2) is 46.2 Å². The second kappa shape index (κ2) is 7.37. The normalized spacial score (nSPS) is 25.7. The van der Waals surface area contributed by atoms with Crippen LogP contribution in [0.2, 0.25) is 0 Å². The molecule has 29 heavy (non-hydrogen) atoms. The third-order valence-corrected chi connectivity index (χ3v) is 5.85. The van der Waals surface area contributed by atoms with Crippen LogP contribution >= 0.6 is 11.3 Å². The number of halogens is 1. The molecule has 2 aliphatic heterocycles. The van der Waals surface area contributed by atoms with E-state index in [9.17, 15) is 19.1 Å². The number of thiophene rings is 1. The molecular weight excluding hydrogens is 397 g/mol. The molecule has 2 fully saturated rings. The van der Waals surface area contributed by atoms with Gasteiger partial charge in [0, 0.05) is 10.4 Å². The minimum Gasteiger partial charge on any atom is -0.507 e. The second-order valence-corrected chi connectivity index (χ2v) is 8.45. The average molecular weight is 417 g/mol. The van der Waals surface area contributed by atoms with E-state index < -0.39 is 35.4 Å². The summed E-state index contributed by atoms with van der Waals surface area (Å²) in [6, 6.07) is 8.02. The van der Waals surface area contributed by atoms with Crippen LogP contribution < -0.4 is 0 Å². The number of Topliss-reactive ketones (excluding diaryl/α,β-unsaturated/α-hetero) is 1. The highest BCUT2D eigenvalue weighted by Crippen LogP contribution is 2.37. The zero-order valence-electron chi connectivity index (χ0n) is 15.9. The summed E-state index contributed by atoms with van der Waals surface area (Å²) in [4.78, 5) is 28.0. The topological polar surface area (TPSA) is 76.1 Å². The molecular formula is C21H20FNO5S. The Kier molecular flexibility index (Phi) is 5.02. The van der Waals surface area contributed by atoms with Crippen molar-refractivity contribution in [1.82, 2.24) is 4.90 Å². The Labute approximate surface area is 171 Å². The van der Waals surface area contributed by atoms with Gasteiger partial charge in [0.25, 0.3) is 11.7 Å². The molecule has 1 N–H and O–H groups in total. The van der Waals surface area contributed by atoms with E-state index in [2.05, 4.69) is 0 Å². The molecule has 2 atom stereocenters. The van der Waals surface area contributed by atoms with Crippen LogP contribution in [0.5, 0.6) is 0 Å². The number of ketones is 1. The molecule has 8 heteroatoms. The van der Waals surface area contributed by atoms with E-state index in [1.807, 2.05) is 17.5 Å². The third kappa shape index (κ3) is 3.71. The molecule has 2 saturated heterocycles. The van der Waals surface area contributed by atoms with Crippen LogP contribution in [0.1, 0.15) is 24.3 Å². The minimum atomic E-state index is -0.870. The molecule has 152 valence electrons. The van der Waals surface area contributed by atoms with Crippen molar-refractivity contribution in [2.24, 2.45) is 0 Å². The van der Waals surface area contributed by atoms with E-state index in [4.69, 9.17) is 9.47 Å². The summed E-state index contributed by atoms with van der Waals surface area (Å²) in [6.45, 7) is 3.88. The maximum Gasteiger partial charge on any atom is 0.295 e. The van der Waals surface area contributed by atoms with Gasteiger partial charge in [0.2, 0.25) is 0 Å². The summed E-state index contributed by atoms with van der Waals surface area (Å²) in [7, 11) is 0. The first-order valence-corrected chi connectivity index (χ1v) is 10.0. The van der Waals surface area contributed by atoms with Gasteiger partial charge in [0.15, 0.2) is 5.79 Å². The number of hydrogen-bond acceptors (Lipinski definition) is 6. The Balaban J connectivity index is 1.79. The summed E-state index contributed by atoms with van der Waals surface area (Å²) >= 11 is 1.47. The Hall–Kier alpha value is -2.55. The van der Waals surface area contributed by atoms with Crippen molar-refractivity contribution in [3.8, 4) is 0 Å². The molecule has 2 aliphatic rings. The van der Waals surface area contributed by atoms with Gasteiger partial charge in [0.05, 0.1) is 24.8 Å². The first-order valence-electron chi connectivity index (χ1n) is 9.15. The first-order chi connectivity index (χ1) is 13.8. The fourth-order valence-electron chi connectivity index (χ4n) is 3.67.